The SMILES string of the molecule is CN(C)C(C)(C)CCS. The number of nitrogens with zero attached hydrogens (tertiary/aromatic N) is 1. The molecule has 0 saturated carbocycles. The van der Waals surface area contributed by atoms with Crippen molar-refractivity contribution in [2.45, 2.75) is 25.8 Å². The fourth-order valence-corrected chi connectivity index (χ4v) is 1.04. The van der Waals surface area contributed by atoms with E-state index in [1.165, 1.54) is 0 Å². The van der Waals surface area contributed by atoms with E-state index >= 15 is 0 Å². The molecule has 0 atom stereocenters. The molecule has 0 N–H and O–H groups in total. The highest BCUT2D eigenvalue weighted by atomic mass is 32.1. The first-order chi connectivity index (χ1) is 4.00. The first-order valence-corrected chi connectivity index (χ1v) is 3.92. The first-order valence-electron chi connectivity index (χ1n) is 3.29. The van der Waals surface area contributed by atoms with Crippen molar-refractivity contribution in [2.24, 2.45) is 0 Å². The standard InChI is InChI=1S/C7H17NS/c1-7(2,5-6-9)8(3)4/h9H,5-6H2,1-4H3. The number of rotatable bonds is 3. The predicted molar refractivity (Wildman–Crippen MR) is 46.2 cm³/mol. The van der Waals surface area contributed by atoms with Gasteiger partial charge in [0.2, 0.25) is 0 Å². The van der Waals surface area contributed by atoms with Crippen molar-refractivity contribution in [2.75, 3.05) is 19.8 Å². The van der Waals surface area contributed by atoms with Gasteiger partial charge in [-0.1, -0.05) is 0 Å². The zero-order valence-corrected chi connectivity index (χ0v) is 7.70. The van der Waals surface area contributed by atoms with Crippen LogP contribution in [0.5, 0.6) is 0 Å². The maximum atomic E-state index is 4.18. The summed E-state index contributed by atoms with van der Waals surface area (Å²) in [6, 6.07) is 0. The van der Waals surface area contributed by atoms with Crippen LogP contribution in [0.2, 0.25) is 0 Å². The number of thiol groups is 1. The zero-order valence-electron chi connectivity index (χ0n) is 6.81. The summed E-state index contributed by atoms with van der Waals surface area (Å²) in [7, 11) is 4.20. The monoisotopic (exact) mass is 147 g/mol. The van der Waals surface area contributed by atoms with Gasteiger partial charge < -0.3 is 4.90 Å². The second-order valence-electron chi connectivity index (χ2n) is 3.18. The van der Waals surface area contributed by atoms with Gasteiger partial charge in [-0.05, 0) is 40.1 Å². The molecule has 0 aliphatic rings. The molecule has 0 aromatic rings. The molecule has 0 radical (unpaired) electrons. The molecule has 0 heterocycles. The van der Waals surface area contributed by atoms with Crippen molar-refractivity contribution in [1.82, 2.24) is 4.90 Å². The van der Waals surface area contributed by atoms with E-state index < -0.39 is 0 Å². The Balaban J connectivity index is 3.70. The fraction of sp³-hybridized carbons (Fsp3) is 1.00. The minimum atomic E-state index is 0.307. The Morgan fingerprint density at radius 2 is 1.78 bits per heavy atom. The minimum absolute atomic E-state index is 0.307. The van der Waals surface area contributed by atoms with Gasteiger partial charge in [0.05, 0.1) is 0 Å². The molecule has 0 bridgehead atoms. The third kappa shape index (κ3) is 3.11. The Morgan fingerprint density at radius 1 is 1.33 bits per heavy atom. The lowest BCUT2D eigenvalue weighted by atomic mass is 10.0. The van der Waals surface area contributed by atoms with E-state index in [-0.39, 0.29) is 0 Å². The van der Waals surface area contributed by atoms with Crippen LogP contribution in [0.3, 0.4) is 0 Å². The van der Waals surface area contributed by atoms with Gasteiger partial charge in [0.25, 0.3) is 0 Å². The van der Waals surface area contributed by atoms with Crippen LogP contribution in [-0.2, 0) is 0 Å². The lowest BCUT2D eigenvalue weighted by Gasteiger charge is -2.31. The molecule has 1 nitrogen and oxygen atoms in total. The summed E-state index contributed by atoms with van der Waals surface area (Å²) < 4.78 is 0. The Bertz CT molecular complexity index is 79.0. The average Bonchev–Trinajstić information content (AvgIpc) is 1.65. The third-order valence-electron chi connectivity index (χ3n) is 1.93. The second kappa shape index (κ2) is 3.47. The summed E-state index contributed by atoms with van der Waals surface area (Å²) in [4.78, 5) is 2.23. The average molecular weight is 147 g/mol. The highest BCUT2D eigenvalue weighted by Gasteiger charge is 2.18. The number of hydrogen-bond acceptors (Lipinski definition) is 2. The van der Waals surface area contributed by atoms with Crippen LogP contribution in [0.1, 0.15) is 20.3 Å². The van der Waals surface area contributed by atoms with Gasteiger partial charge in [-0.15, -0.1) is 0 Å². The Labute approximate surface area is 63.8 Å². The predicted octanol–water partition coefficient (Wildman–Crippen LogP) is 1.65. The molecule has 0 spiro atoms. The lowest BCUT2D eigenvalue weighted by molar-refractivity contribution is 0.191. The lowest BCUT2D eigenvalue weighted by Crippen LogP contribution is -2.38. The Morgan fingerprint density at radius 3 is 1.89 bits per heavy atom. The summed E-state index contributed by atoms with van der Waals surface area (Å²) in [5.41, 5.74) is 0.307. The summed E-state index contributed by atoms with van der Waals surface area (Å²) >= 11 is 4.18. The van der Waals surface area contributed by atoms with Crippen LogP contribution in [0, 0.1) is 0 Å². The van der Waals surface area contributed by atoms with Gasteiger partial charge in [-0.3, -0.25) is 0 Å². The smallest absolute Gasteiger partial charge is 0.0154 e. The van der Waals surface area contributed by atoms with E-state index in [2.05, 4.69) is 45.5 Å². The number of hydrogen-bond donors (Lipinski definition) is 1. The van der Waals surface area contributed by atoms with Crippen LogP contribution in [0.15, 0.2) is 0 Å². The second-order valence-corrected chi connectivity index (χ2v) is 3.63. The normalized spacial score (nSPS) is 12.7. The van der Waals surface area contributed by atoms with Gasteiger partial charge in [-0.2, -0.15) is 12.6 Å². The van der Waals surface area contributed by atoms with Crippen molar-refractivity contribution in [3.8, 4) is 0 Å². The Hall–Kier alpha value is 0.310. The van der Waals surface area contributed by atoms with Gasteiger partial charge in [-0.25, -0.2) is 0 Å². The van der Waals surface area contributed by atoms with E-state index in [4.69, 9.17) is 0 Å². The van der Waals surface area contributed by atoms with Crippen LogP contribution in [0.4, 0.5) is 0 Å². The topological polar surface area (TPSA) is 3.24 Å². The van der Waals surface area contributed by atoms with Gasteiger partial charge >= 0.3 is 0 Å². The highest BCUT2D eigenvalue weighted by Crippen LogP contribution is 2.14. The van der Waals surface area contributed by atoms with Crippen molar-refractivity contribution in [1.29, 1.82) is 0 Å². The molecule has 56 valence electrons. The van der Waals surface area contributed by atoms with E-state index in [9.17, 15) is 0 Å². The molecule has 2 heteroatoms. The van der Waals surface area contributed by atoms with E-state index in [0.29, 0.717) is 5.54 Å². The molecule has 0 saturated heterocycles. The summed E-state index contributed by atoms with van der Waals surface area (Å²) in [6.07, 6.45) is 1.14. The maximum absolute atomic E-state index is 4.18. The molecule has 0 aromatic carbocycles. The molecule has 9 heavy (non-hydrogen) atoms. The van der Waals surface area contributed by atoms with Crippen molar-refractivity contribution >= 4 is 12.6 Å². The van der Waals surface area contributed by atoms with Gasteiger partial charge in [0.1, 0.15) is 0 Å². The maximum Gasteiger partial charge on any atom is 0.0154 e. The van der Waals surface area contributed by atoms with Gasteiger partial charge in [0.15, 0.2) is 0 Å². The molecular formula is C7H17NS. The summed E-state index contributed by atoms with van der Waals surface area (Å²) in [6.45, 7) is 4.45. The van der Waals surface area contributed by atoms with Crippen molar-refractivity contribution in [3.63, 3.8) is 0 Å². The minimum Gasteiger partial charge on any atom is -0.304 e. The Kier molecular flexibility index (Phi) is 3.59. The molecule has 0 aliphatic carbocycles. The summed E-state index contributed by atoms with van der Waals surface area (Å²) in [5, 5.41) is 0. The van der Waals surface area contributed by atoms with Crippen LogP contribution in [0.25, 0.3) is 0 Å². The van der Waals surface area contributed by atoms with Crippen LogP contribution in [-0.4, -0.2) is 30.3 Å². The van der Waals surface area contributed by atoms with Crippen molar-refractivity contribution in [3.05, 3.63) is 0 Å². The zero-order chi connectivity index (χ0) is 7.49. The highest BCUT2D eigenvalue weighted by molar-refractivity contribution is 7.80. The largest absolute Gasteiger partial charge is 0.304 e. The van der Waals surface area contributed by atoms with E-state index in [1.807, 2.05) is 0 Å². The van der Waals surface area contributed by atoms with Crippen LogP contribution >= 0.6 is 12.6 Å². The first kappa shape index (κ1) is 9.31. The third-order valence-corrected chi connectivity index (χ3v) is 2.16. The van der Waals surface area contributed by atoms with Gasteiger partial charge in [0, 0.05) is 5.54 Å². The molecular weight excluding hydrogens is 130 g/mol. The summed E-state index contributed by atoms with van der Waals surface area (Å²) in [5.74, 6) is 0.963. The quantitative estimate of drug-likeness (QED) is 0.594. The molecule has 0 rings (SSSR count). The molecule has 0 fully saturated rings. The van der Waals surface area contributed by atoms with E-state index in [1.54, 1.807) is 0 Å². The molecule has 0 amide bonds. The molecule has 0 aromatic heterocycles. The fourth-order valence-electron chi connectivity index (χ4n) is 0.497. The molecule has 0 unspecified atom stereocenters. The van der Waals surface area contributed by atoms with Crippen LogP contribution < -0.4 is 0 Å². The van der Waals surface area contributed by atoms with E-state index in [0.717, 1.165) is 12.2 Å². The van der Waals surface area contributed by atoms with Crippen molar-refractivity contribution < 1.29 is 0 Å². The molecule has 0 aliphatic heterocycles.